The molecule has 2 aromatic rings. The lowest BCUT2D eigenvalue weighted by atomic mass is 10.2. The molecule has 85 valence electrons. The van der Waals surface area contributed by atoms with Gasteiger partial charge in [0, 0.05) is 0 Å². The Morgan fingerprint density at radius 1 is 0.882 bits per heavy atom. The Hall–Kier alpha value is -2.02. The van der Waals surface area contributed by atoms with Crippen LogP contribution >= 0.6 is 0 Å². The molecule has 17 heavy (non-hydrogen) atoms. The molecule has 0 saturated carbocycles. The van der Waals surface area contributed by atoms with E-state index in [0.29, 0.717) is 0 Å². The van der Waals surface area contributed by atoms with E-state index in [9.17, 15) is 0 Å². The highest BCUT2D eigenvalue weighted by Crippen LogP contribution is 2.21. The van der Waals surface area contributed by atoms with E-state index in [-0.39, 0.29) is 0 Å². The van der Waals surface area contributed by atoms with Gasteiger partial charge in [0.1, 0.15) is 11.5 Å². The van der Waals surface area contributed by atoms with E-state index in [1.165, 1.54) is 0 Å². The van der Waals surface area contributed by atoms with Crippen LogP contribution in [0.5, 0.6) is 11.5 Å². The first-order valence-corrected chi connectivity index (χ1v) is 5.67. The van der Waals surface area contributed by atoms with Crippen LogP contribution in [0.15, 0.2) is 60.7 Å². The van der Waals surface area contributed by atoms with Crippen LogP contribution in [0.4, 0.5) is 0 Å². The van der Waals surface area contributed by atoms with Crippen LogP contribution in [0.2, 0.25) is 0 Å². The summed E-state index contributed by atoms with van der Waals surface area (Å²) in [6.07, 6.45) is 4.90. The van der Waals surface area contributed by atoms with Crippen molar-refractivity contribution < 1.29 is 4.74 Å². The van der Waals surface area contributed by atoms with Gasteiger partial charge in [-0.15, -0.1) is 0 Å². The third-order valence-electron chi connectivity index (χ3n) is 2.34. The van der Waals surface area contributed by atoms with Crippen molar-refractivity contribution in [2.75, 3.05) is 0 Å². The van der Waals surface area contributed by atoms with Crippen molar-refractivity contribution in [1.29, 1.82) is 0 Å². The minimum absolute atomic E-state index is 0.808. The summed E-state index contributed by atoms with van der Waals surface area (Å²) in [6, 6.07) is 17.8. The number of allylic oxidation sites excluding steroid dienone is 1. The van der Waals surface area contributed by atoms with Crippen LogP contribution in [0, 0.1) is 6.92 Å². The topological polar surface area (TPSA) is 9.23 Å². The minimum atomic E-state index is 0.808. The summed E-state index contributed by atoms with van der Waals surface area (Å²) in [7, 11) is 0. The van der Waals surface area contributed by atoms with Crippen molar-refractivity contribution in [1.82, 2.24) is 0 Å². The molecule has 0 bridgehead atoms. The maximum atomic E-state index is 5.70. The van der Waals surface area contributed by atoms with Gasteiger partial charge < -0.3 is 4.74 Å². The van der Waals surface area contributed by atoms with E-state index in [4.69, 9.17) is 4.74 Å². The van der Waals surface area contributed by atoms with Crippen LogP contribution in [-0.4, -0.2) is 0 Å². The SMILES string of the molecule is [CH2]CC=Cc1ccc(Oc2ccccc2)cc1. The Morgan fingerprint density at radius 3 is 2.18 bits per heavy atom. The van der Waals surface area contributed by atoms with Crippen molar-refractivity contribution in [3.63, 3.8) is 0 Å². The van der Waals surface area contributed by atoms with Gasteiger partial charge in [-0.3, -0.25) is 0 Å². The van der Waals surface area contributed by atoms with Crippen molar-refractivity contribution in [3.05, 3.63) is 73.2 Å². The maximum absolute atomic E-state index is 5.70. The summed E-state index contributed by atoms with van der Waals surface area (Å²) in [5, 5.41) is 0. The summed E-state index contributed by atoms with van der Waals surface area (Å²) in [6.45, 7) is 3.76. The molecule has 0 saturated heterocycles. The maximum Gasteiger partial charge on any atom is 0.127 e. The fourth-order valence-corrected chi connectivity index (χ4v) is 1.49. The van der Waals surface area contributed by atoms with Crippen LogP contribution in [0.3, 0.4) is 0 Å². The molecule has 0 amide bonds. The molecule has 0 aliphatic rings. The molecule has 0 unspecified atom stereocenters. The lowest BCUT2D eigenvalue weighted by molar-refractivity contribution is 0.482. The van der Waals surface area contributed by atoms with Gasteiger partial charge in [-0.25, -0.2) is 0 Å². The number of rotatable bonds is 4. The van der Waals surface area contributed by atoms with Crippen molar-refractivity contribution in [3.8, 4) is 11.5 Å². The molecular weight excluding hydrogens is 208 g/mol. The normalized spacial score (nSPS) is 10.6. The van der Waals surface area contributed by atoms with Gasteiger partial charge in [0.15, 0.2) is 0 Å². The fourth-order valence-electron chi connectivity index (χ4n) is 1.49. The first-order valence-electron chi connectivity index (χ1n) is 5.67. The molecule has 0 aliphatic carbocycles. The summed E-state index contributed by atoms with van der Waals surface area (Å²) >= 11 is 0. The molecule has 1 radical (unpaired) electrons. The first-order chi connectivity index (χ1) is 8.38. The quantitative estimate of drug-likeness (QED) is 0.729. The van der Waals surface area contributed by atoms with Crippen molar-refractivity contribution >= 4 is 6.08 Å². The zero-order valence-electron chi connectivity index (χ0n) is 9.67. The van der Waals surface area contributed by atoms with Gasteiger partial charge in [0.2, 0.25) is 0 Å². The molecule has 2 rings (SSSR count). The van der Waals surface area contributed by atoms with Gasteiger partial charge in [0.25, 0.3) is 0 Å². The van der Waals surface area contributed by atoms with E-state index in [0.717, 1.165) is 23.5 Å². The Kier molecular flexibility index (Phi) is 3.98. The van der Waals surface area contributed by atoms with Gasteiger partial charge in [-0.1, -0.05) is 42.5 Å². The van der Waals surface area contributed by atoms with Crippen molar-refractivity contribution in [2.45, 2.75) is 6.42 Å². The third kappa shape index (κ3) is 3.49. The second-order valence-electron chi connectivity index (χ2n) is 3.68. The summed E-state index contributed by atoms with van der Waals surface area (Å²) in [5.74, 6) is 1.71. The second kappa shape index (κ2) is 5.90. The molecule has 0 spiro atoms. The molecule has 0 aliphatic heterocycles. The molecule has 0 atom stereocenters. The zero-order chi connectivity index (χ0) is 11.9. The monoisotopic (exact) mass is 223 g/mol. The van der Waals surface area contributed by atoms with Crippen LogP contribution in [0.25, 0.3) is 6.08 Å². The first kappa shape index (κ1) is 11.5. The number of para-hydroxylation sites is 1. The van der Waals surface area contributed by atoms with Gasteiger partial charge in [-0.05, 0) is 43.2 Å². The smallest absolute Gasteiger partial charge is 0.127 e. The number of benzene rings is 2. The van der Waals surface area contributed by atoms with Crippen molar-refractivity contribution in [2.24, 2.45) is 0 Å². The molecule has 2 aromatic carbocycles. The number of hydrogen-bond donors (Lipinski definition) is 0. The van der Waals surface area contributed by atoms with Crippen LogP contribution in [-0.2, 0) is 0 Å². The van der Waals surface area contributed by atoms with Gasteiger partial charge in [-0.2, -0.15) is 0 Å². The molecule has 0 fully saturated rings. The highest BCUT2D eigenvalue weighted by molar-refractivity contribution is 5.50. The van der Waals surface area contributed by atoms with E-state index in [1.807, 2.05) is 60.7 Å². The standard InChI is InChI=1S/C16H15O/c1-2-3-7-14-10-12-16(13-11-14)17-15-8-5-4-6-9-15/h3-13H,1-2H2. The Balaban J connectivity index is 2.06. The third-order valence-corrected chi connectivity index (χ3v) is 2.34. The van der Waals surface area contributed by atoms with E-state index in [1.54, 1.807) is 0 Å². The molecule has 1 nitrogen and oxygen atoms in total. The second-order valence-corrected chi connectivity index (χ2v) is 3.68. The molecule has 1 heteroatoms. The Morgan fingerprint density at radius 2 is 1.53 bits per heavy atom. The summed E-state index contributed by atoms with van der Waals surface area (Å²) < 4.78 is 5.70. The average Bonchev–Trinajstić information content (AvgIpc) is 2.39. The predicted molar refractivity (Wildman–Crippen MR) is 72.0 cm³/mol. The highest BCUT2D eigenvalue weighted by Gasteiger charge is 1.95. The fraction of sp³-hybridized carbons (Fsp3) is 0.0625. The van der Waals surface area contributed by atoms with E-state index >= 15 is 0 Å². The average molecular weight is 223 g/mol. The number of hydrogen-bond acceptors (Lipinski definition) is 1. The molecule has 0 heterocycles. The highest BCUT2D eigenvalue weighted by atomic mass is 16.5. The minimum Gasteiger partial charge on any atom is -0.457 e. The Labute approximate surface area is 102 Å². The number of ether oxygens (including phenoxy) is 1. The predicted octanol–water partition coefficient (Wildman–Crippen LogP) is 4.72. The van der Waals surface area contributed by atoms with Crippen LogP contribution < -0.4 is 4.74 Å². The Bertz CT molecular complexity index is 469. The molecule has 0 aromatic heterocycles. The molecular formula is C16H15O. The lowest BCUT2D eigenvalue weighted by Gasteiger charge is -2.05. The summed E-state index contributed by atoms with van der Waals surface area (Å²) in [5.41, 5.74) is 1.16. The largest absolute Gasteiger partial charge is 0.457 e. The molecule has 0 N–H and O–H groups in total. The van der Waals surface area contributed by atoms with Crippen LogP contribution in [0.1, 0.15) is 12.0 Å². The van der Waals surface area contributed by atoms with E-state index in [2.05, 4.69) is 13.0 Å². The zero-order valence-corrected chi connectivity index (χ0v) is 9.67. The van der Waals surface area contributed by atoms with E-state index < -0.39 is 0 Å². The lowest BCUT2D eigenvalue weighted by Crippen LogP contribution is -1.83. The summed E-state index contributed by atoms with van der Waals surface area (Å²) in [4.78, 5) is 0. The van der Waals surface area contributed by atoms with Gasteiger partial charge in [0.05, 0.1) is 0 Å². The van der Waals surface area contributed by atoms with Gasteiger partial charge >= 0.3 is 0 Å².